The van der Waals surface area contributed by atoms with Crippen molar-refractivity contribution in [3.63, 3.8) is 0 Å². The molecule has 2 heterocycles. The van der Waals surface area contributed by atoms with E-state index in [2.05, 4.69) is 15.5 Å². The number of hydrogen-bond acceptors (Lipinski definition) is 5. The Morgan fingerprint density at radius 1 is 1.81 bits per heavy atom. The molecule has 7 heteroatoms. The largest absolute Gasteiger partial charge is 0.396 e. The van der Waals surface area contributed by atoms with Gasteiger partial charge in [0.15, 0.2) is 0 Å². The fraction of sp³-hybridized carbons (Fsp3) is 0.556. The molecule has 0 radical (unpaired) electrons. The van der Waals surface area contributed by atoms with Gasteiger partial charge in [-0.05, 0) is 0 Å². The molecule has 16 heavy (non-hydrogen) atoms. The third-order valence-corrected chi connectivity index (χ3v) is 2.56. The highest BCUT2D eigenvalue weighted by atomic mass is 16.5. The maximum atomic E-state index is 11.6. The molecule has 1 aromatic heterocycles. The van der Waals surface area contributed by atoms with Gasteiger partial charge >= 0.3 is 0 Å². The molecule has 88 valence electrons. The average molecular weight is 226 g/mol. The van der Waals surface area contributed by atoms with E-state index in [0.717, 1.165) is 0 Å². The molecule has 7 nitrogen and oxygen atoms in total. The Labute approximate surface area is 92.0 Å². The second kappa shape index (κ2) is 4.11. The van der Waals surface area contributed by atoms with E-state index in [1.54, 1.807) is 0 Å². The van der Waals surface area contributed by atoms with Crippen LogP contribution in [-0.4, -0.2) is 46.6 Å². The third kappa shape index (κ3) is 2.15. The lowest BCUT2D eigenvalue weighted by Crippen LogP contribution is -2.43. The van der Waals surface area contributed by atoms with Gasteiger partial charge in [0.25, 0.3) is 5.91 Å². The summed E-state index contributed by atoms with van der Waals surface area (Å²) in [5.74, 6) is -0.379. The summed E-state index contributed by atoms with van der Waals surface area (Å²) in [6, 6.07) is 0. The van der Waals surface area contributed by atoms with Gasteiger partial charge in [0.2, 0.25) is 0 Å². The van der Waals surface area contributed by atoms with Crippen molar-refractivity contribution in [3.8, 4) is 0 Å². The summed E-state index contributed by atoms with van der Waals surface area (Å²) in [5, 5.41) is 18.6. The number of nitrogens with one attached hydrogen (secondary N) is 2. The molecule has 1 fully saturated rings. The van der Waals surface area contributed by atoms with E-state index >= 15 is 0 Å². The van der Waals surface area contributed by atoms with Crippen LogP contribution in [0.25, 0.3) is 0 Å². The minimum Gasteiger partial charge on any atom is -0.396 e. The third-order valence-electron chi connectivity index (χ3n) is 2.56. The van der Waals surface area contributed by atoms with Crippen molar-refractivity contribution in [1.82, 2.24) is 15.5 Å². The second-order valence-corrected chi connectivity index (χ2v) is 3.91. The molecule has 1 aliphatic rings. The number of carbonyl (C=O) groups excluding carboxylic acids is 1. The normalized spacial score (nSPS) is 24.6. The average Bonchev–Trinajstić information content (AvgIpc) is 2.85. The van der Waals surface area contributed by atoms with Gasteiger partial charge in [0, 0.05) is 19.6 Å². The predicted molar refractivity (Wildman–Crippen MR) is 55.7 cm³/mol. The smallest absolute Gasteiger partial charge is 0.271 e. The summed E-state index contributed by atoms with van der Waals surface area (Å²) in [6.07, 6.45) is 1.88. The Morgan fingerprint density at radius 2 is 2.62 bits per heavy atom. The lowest BCUT2D eigenvalue weighted by Gasteiger charge is -2.20. The molecule has 1 atom stereocenters. The topological polar surface area (TPSA) is 113 Å². The molecule has 1 aromatic rings. The van der Waals surface area contributed by atoms with Crippen LogP contribution in [0.3, 0.4) is 0 Å². The number of anilines is 1. The zero-order chi connectivity index (χ0) is 11.6. The van der Waals surface area contributed by atoms with E-state index in [-0.39, 0.29) is 30.4 Å². The van der Waals surface area contributed by atoms with Crippen molar-refractivity contribution in [2.45, 2.75) is 12.0 Å². The number of nitrogen functional groups attached to an aromatic ring is 1. The minimum atomic E-state index is -0.968. The quantitative estimate of drug-likeness (QED) is 0.521. The maximum absolute atomic E-state index is 11.6. The lowest BCUT2D eigenvalue weighted by atomic mass is 10.0. The number of ether oxygens (including phenoxy) is 1. The zero-order valence-corrected chi connectivity index (χ0v) is 8.69. The number of carbonyl (C=O) groups is 1. The molecule has 0 saturated carbocycles. The second-order valence-electron chi connectivity index (χ2n) is 3.91. The molecular weight excluding hydrogens is 212 g/mol. The van der Waals surface area contributed by atoms with Crippen LogP contribution in [0.15, 0.2) is 6.20 Å². The van der Waals surface area contributed by atoms with E-state index in [9.17, 15) is 9.90 Å². The maximum Gasteiger partial charge on any atom is 0.271 e. The van der Waals surface area contributed by atoms with Crippen LogP contribution in [0.1, 0.15) is 16.9 Å². The summed E-state index contributed by atoms with van der Waals surface area (Å²) in [6.45, 7) is 0.897. The molecule has 0 bridgehead atoms. The summed E-state index contributed by atoms with van der Waals surface area (Å²) in [7, 11) is 0. The van der Waals surface area contributed by atoms with Crippen molar-refractivity contribution < 1.29 is 14.6 Å². The Hall–Kier alpha value is -1.60. The van der Waals surface area contributed by atoms with Gasteiger partial charge in [-0.25, -0.2) is 0 Å². The SMILES string of the molecule is Nc1cn[nH]c1C(=O)NCC1(O)CCOC1. The fourth-order valence-corrected chi connectivity index (χ4v) is 1.55. The number of H-pyrrole nitrogens is 1. The first-order chi connectivity index (χ1) is 7.61. The number of aliphatic hydroxyl groups is 1. The Bertz CT molecular complexity index is 384. The zero-order valence-electron chi connectivity index (χ0n) is 8.69. The van der Waals surface area contributed by atoms with Crippen molar-refractivity contribution in [2.24, 2.45) is 0 Å². The first-order valence-electron chi connectivity index (χ1n) is 4.98. The highest BCUT2D eigenvalue weighted by Gasteiger charge is 2.32. The van der Waals surface area contributed by atoms with E-state index in [4.69, 9.17) is 10.5 Å². The van der Waals surface area contributed by atoms with Crippen molar-refractivity contribution in [1.29, 1.82) is 0 Å². The van der Waals surface area contributed by atoms with E-state index in [0.29, 0.717) is 13.0 Å². The Kier molecular flexibility index (Phi) is 2.80. The summed E-state index contributed by atoms with van der Waals surface area (Å²) >= 11 is 0. The number of nitrogens with zero attached hydrogens (tertiary/aromatic N) is 1. The van der Waals surface area contributed by atoms with Crippen molar-refractivity contribution >= 4 is 11.6 Å². The van der Waals surface area contributed by atoms with E-state index in [1.807, 2.05) is 0 Å². The molecule has 1 saturated heterocycles. The van der Waals surface area contributed by atoms with Crippen LogP contribution in [-0.2, 0) is 4.74 Å². The van der Waals surface area contributed by atoms with Gasteiger partial charge in [0.05, 0.1) is 18.5 Å². The molecule has 1 amide bonds. The Balaban J connectivity index is 1.91. The molecule has 1 unspecified atom stereocenters. The van der Waals surface area contributed by atoms with Gasteiger partial charge < -0.3 is 20.9 Å². The highest BCUT2D eigenvalue weighted by molar-refractivity contribution is 5.96. The molecule has 1 aliphatic heterocycles. The van der Waals surface area contributed by atoms with Crippen LogP contribution in [0.5, 0.6) is 0 Å². The molecule has 2 rings (SSSR count). The van der Waals surface area contributed by atoms with Gasteiger partial charge in [-0.1, -0.05) is 0 Å². The van der Waals surface area contributed by atoms with E-state index < -0.39 is 5.60 Å². The van der Waals surface area contributed by atoms with Crippen LogP contribution < -0.4 is 11.1 Å². The number of aromatic nitrogens is 2. The summed E-state index contributed by atoms with van der Waals surface area (Å²) in [4.78, 5) is 11.6. The van der Waals surface area contributed by atoms with Crippen LogP contribution in [0.4, 0.5) is 5.69 Å². The minimum absolute atomic E-state index is 0.143. The first kappa shape index (κ1) is 10.9. The van der Waals surface area contributed by atoms with Gasteiger partial charge in [0.1, 0.15) is 11.3 Å². The standard InChI is InChI=1S/C9H14N4O3/c10-6-3-12-13-7(6)8(14)11-4-9(15)1-2-16-5-9/h3,15H,1-2,4-5,10H2,(H,11,14)(H,12,13). The van der Waals surface area contributed by atoms with Crippen molar-refractivity contribution in [3.05, 3.63) is 11.9 Å². The van der Waals surface area contributed by atoms with Crippen LogP contribution in [0.2, 0.25) is 0 Å². The number of rotatable bonds is 3. The summed E-state index contributed by atoms with van der Waals surface area (Å²) < 4.78 is 5.06. The lowest BCUT2D eigenvalue weighted by molar-refractivity contribution is 0.0264. The Morgan fingerprint density at radius 3 is 3.19 bits per heavy atom. The van der Waals surface area contributed by atoms with E-state index in [1.165, 1.54) is 6.20 Å². The summed E-state index contributed by atoms with van der Waals surface area (Å²) in [5.41, 5.74) is 5.04. The highest BCUT2D eigenvalue weighted by Crippen LogP contribution is 2.17. The molecule has 0 spiro atoms. The first-order valence-corrected chi connectivity index (χ1v) is 4.98. The fourth-order valence-electron chi connectivity index (χ4n) is 1.55. The van der Waals surface area contributed by atoms with Crippen LogP contribution >= 0.6 is 0 Å². The monoisotopic (exact) mass is 226 g/mol. The molecule has 0 aliphatic carbocycles. The van der Waals surface area contributed by atoms with Crippen molar-refractivity contribution in [2.75, 3.05) is 25.5 Å². The molecular formula is C9H14N4O3. The number of nitrogens with two attached hydrogens (primary N) is 1. The predicted octanol–water partition coefficient (Wildman–Crippen LogP) is -1.13. The number of hydrogen-bond donors (Lipinski definition) is 4. The van der Waals surface area contributed by atoms with Gasteiger partial charge in [-0.15, -0.1) is 0 Å². The molecule has 0 aromatic carbocycles. The van der Waals surface area contributed by atoms with Crippen LogP contribution in [0, 0.1) is 0 Å². The number of amides is 1. The molecule has 5 N–H and O–H groups in total. The number of aromatic amines is 1. The van der Waals surface area contributed by atoms with Gasteiger partial charge in [-0.2, -0.15) is 5.10 Å². The van der Waals surface area contributed by atoms with Gasteiger partial charge in [-0.3, -0.25) is 9.89 Å².